The molecule has 0 heterocycles. The third-order valence-corrected chi connectivity index (χ3v) is 5.46. The third kappa shape index (κ3) is 3.83. The van der Waals surface area contributed by atoms with Crippen molar-refractivity contribution in [2.24, 2.45) is 0 Å². The van der Waals surface area contributed by atoms with Crippen LogP contribution in [-0.4, -0.2) is 31.4 Å². The lowest BCUT2D eigenvalue weighted by atomic mass is 10.2. The van der Waals surface area contributed by atoms with E-state index < -0.39 is 10.0 Å². The highest BCUT2D eigenvalue weighted by Crippen LogP contribution is 2.30. The van der Waals surface area contributed by atoms with Crippen LogP contribution in [0.1, 0.15) is 25.3 Å². The summed E-state index contributed by atoms with van der Waals surface area (Å²) in [5, 5.41) is 9.46. The number of nitrogens with zero attached hydrogens (tertiary/aromatic N) is 1. The molecule has 0 atom stereocenters. The molecular weight excluding hydrogens is 309 g/mol. The van der Waals surface area contributed by atoms with E-state index in [2.05, 4.69) is 0 Å². The van der Waals surface area contributed by atoms with Gasteiger partial charge < -0.3 is 5.11 Å². The van der Waals surface area contributed by atoms with E-state index >= 15 is 0 Å². The van der Waals surface area contributed by atoms with Crippen molar-refractivity contribution in [3.63, 3.8) is 0 Å². The van der Waals surface area contributed by atoms with Gasteiger partial charge in [0.2, 0.25) is 10.0 Å². The maximum atomic E-state index is 12.4. The van der Waals surface area contributed by atoms with Crippen molar-refractivity contribution in [1.29, 1.82) is 0 Å². The van der Waals surface area contributed by atoms with Crippen LogP contribution in [0.15, 0.2) is 17.0 Å². The number of sulfonamides is 1. The van der Waals surface area contributed by atoms with Gasteiger partial charge in [0.05, 0.1) is 11.6 Å². The van der Waals surface area contributed by atoms with Crippen LogP contribution in [0, 0.1) is 0 Å². The van der Waals surface area contributed by atoms with Gasteiger partial charge in [-0.2, -0.15) is 0 Å². The van der Waals surface area contributed by atoms with Crippen LogP contribution in [0.4, 0.5) is 0 Å². The molecule has 0 saturated heterocycles. The number of rotatable bonds is 6. The Bertz CT molecular complexity index is 546. The highest BCUT2D eigenvalue weighted by Gasteiger charge is 2.24. The monoisotopic (exact) mass is 325 g/mol. The average Bonchev–Trinajstić information content (AvgIpc) is 2.35. The molecule has 0 fully saturated rings. The number of unbranched alkanes of at least 4 members (excludes halogenated alkanes) is 1. The first-order chi connectivity index (χ1) is 8.84. The molecule has 4 nitrogen and oxygen atoms in total. The van der Waals surface area contributed by atoms with E-state index in [1.807, 2.05) is 6.92 Å². The van der Waals surface area contributed by atoms with Gasteiger partial charge in [0.1, 0.15) is 4.90 Å². The van der Waals surface area contributed by atoms with Crippen LogP contribution < -0.4 is 0 Å². The van der Waals surface area contributed by atoms with Crippen LogP contribution >= 0.6 is 23.2 Å². The summed E-state index contributed by atoms with van der Waals surface area (Å²) >= 11 is 11.8. The number of aliphatic hydroxyl groups excluding tert-OH is 1. The Kier molecular flexibility index (Phi) is 6.08. The van der Waals surface area contributed by atoms with Crippen molar-refractivity contribution in [3.05, 3.63) is 27.7 Å². The summed E-state index contributed by atoms with van der Waals surface area (Å²) in [7, 11) is -2.15. The van der Waals surface area contributed by atoms with E-state index in [1.165, 1.54) is 23.5 Å². The molecule has 1 rings (SSSR count). The summed E-state index contributed by atoms with van der Waals surface area (Å²) in [6, 6.07) is 2.66. The second-order valence-electron chi connectivity index (χ2n) is 4.21. The largest absolute Gasteiger partial charge is 0.392 e. The normalized spacial score (nSPS) is 12.1. The summed E-state index contributed by atoms with van der Waals surface area (Å²) in [5.41, 5.74) is 0.341. The van der Waals surface area contributed by atoms with Crippen molar-refractivity contribution in [1.82, 2.24) is 4.31 Å². The quantitative estimate of drug-likeness (QED) is 0.874. The highest BCUT2D eigenvalue weighted by atomic mass is 35.5. The van der Waals surface area contributed by atoms with Gasteiger partial charge in [-0.15, -0.1) is 0 Å². The van der Waals surface area contributed by atoms with Crippen molar-refractivity contribution >= 4 is 33.2 Å². The van der Waals surface area contributed by atoms with Gasteiger partial charge in [-0.1, -0.05) is 36.5 Å². The molecule has 0 radical (unpaired) electrons. The lowest BCUT2D eigenvalue weighted by Crippen LogP contribution is -2.28. The molecular formula is C12H17Cl2NO3S. The molecule has 0 unspecified atom stereocenters. The lowest BCUT2D eigenvalue weighted by Gasteiger charge is -2.18. The molecule has 0 spiro atoms. The molecule has 0 amide bonds. The van der Waals surface area contributed by atoms with Gasteiger partial charge >= 0.3 is 0 Å². The van der Waals surface area contributed by atoms with E-state index in [1.54, 1.807) is 0 Å². The van der Waals surface area contributed by atoms with Crippen molar-refractivity contribution < 1.29 is 13.5 Å². The SMILES string of the molecule is CCCCN(C)S(=O)(=O)c1cc(CO)c(Cl)cc1Cl. The van der Waals surface area contributed by atoms with Gasteiger partial charge in [-0.3, -0.25) is 0 Å². The molecule has 0 aliphatic heterocycles. The predicted molar refractivity (Wildman–Crippen MR) is 77.1 cm³/mol. The fourth-order valence-corrected chi connectivity index (χ4v) is 3.60. The minimum Gasteiger partial charge on any atom is -0.392 e. The number of hydrogen-bond acceptors (Lipinski definition) is 3. The van der Waals surface area contributed by atoms with Gasteiger partial charge in [-0.25, -0.2) is 12.7 Å². The number of aliphatic hydroxyl groups is 1. The molecule has 19 heavy (non-hydrogen) atoms. The van der Waals surface area contributed by atoms with E-state index in [0.717, 1.165) is 12.8 Å². The Morgan fingerprint density at radius 2 is 1.89 bits per heavy atom. The molecule has 0 bridgehead atoms. The fraction of sp³-hybridized carbons (Fsp3) is 0.500. The van der Waals surface area contributed by atoms with E-state index in [4.69, 9.17) is 28.3 Å². The molecule has 1 N–H and O–H groups in total. The molecule has 0 saturated carbocycles. The van der Waals surface area contributed by atoms with Crippen molar-refractivity contribution in [3.8, 4) is 0 Å². The Balaban J connectivity index is 3.21. The van der Waals surface area contributed by atoms with Crippen LogP contribution in [0.3, 0.4) is 0 Å². The van der Waals surface area contributed by atoms with Crippen molar-refractivity contribution in [2.45, 2.75) is 31.3 Å². The maximum Gasteiger partial charge on any atom is 0.244 e. The van der Waals surface area contributed by atoms with Crippen LogP contribution in [-0.2, 0) is 16.6 Å². The zero-order chi connectivity index (χ0) is 14.6. The molecule has 0 aliphatic rings. The summed E-state index contributed by atoms with van der Waals surface area (Å²) in [4.78, 5) is -0.0266. The average molecular weight is 326 g/mol. The zero-order valence-electron chi connectivity index (χ0n) is 10.9. The summed E-state index contributed by atoms with van der Waals surface area (Å²) < 4.78 is 26.0. The molecule has 108 valence electrons. The molecule has 1 aromatic rings. The second kappa shape index (κ2) is 6.90. The van der Waals surface area contributed by atoms with Gasteiger partial charge in [0.15, 0.2) is 0 Å². The Labute approximate surface area is 124 Å². The number of halogens is 2. The first-order valence-corrected chi connectivity index (χ1v) is 8.09. The Morgan fingerprint density at radius 3 is 2.42 bits per heavy atom. The summed E-state index contributed by atoms with van der Waals surface area (Å²) in [6.45, 7) is 2.07. The Morgan fingerprint density at radius 1 is 1.26 bits per heavy atom. The topological polar surface area (TPSA) is 57.6 Å². The minimum absolute atomic E-state index is 0.0266. The van der Waals surface area contributed by atoms with Crippen molar-refractivity contribution in [2.75, 3.05) is 13.6 Å². The fourth-order valence-electron chi connectivity index (χ4n) is 1.56. The van der Waals surface area contributed by atoms with Crippen LogP contribution in [0.2, 0.25) is 10.0 Å². The van der Waals surface area contributed by atoms with E-state index in [9.17, 15) is 8.42 Å². The van der Waals surface area contributed by atoms with Gasteiger partial charge in [-0.05, 0) is 24.1 Å². The lowest BCUT2D eigenvalue weighted by molar-refractivity contribution is 0.281. The summed E-state index contributed by atoms with van der Waals surface area (Å²) in [5.74, 6) is 0. The Hall–Kier alpha value is -0.330. The standard InChI is InChI=1S/C12H17Cl2NO3S/c1-3-4-5-15(2)19(17,18)12-6-9(8-16)10(13)7-11(12)14/h6-7,16H,3-5,8H2,1-2H3. The first kappa shape index (κ1) is 16.7. The predicted octanol–water partition coefficient (Wildman–Crippen LogP) is 2.91. The zero-order valence-corrected chi connectivity index (χ0v) is 13.2. The third-order valence-electron chi connectivity index (χ3n) is 2.79. The maximum absolute atomic E-state index is 12.4. The van der Waals surface area contributed by atoms with E-state index in [-0.39, 0.29) is 21.5 Å². The van der Waals surface area contributed by atoms with Crippen LogP contribution in [0.5, 0.6) is 0 Å². The van der Waals surface area contributed by atoms with E-state index in [0.29, 0.717) is 12.1 Å². The van der Waals surface area contributed by atoms with Gasteiger partial charge in [0.25, 0.3) is 0 Å². The van der Waals surface area contributed by atoms with Gasteiger partial charge in [0, 0.05) is 18.6 Å². The molecule has 7 heteroatoms. The number of hydrogen-bond donors (Lipinski definition) is 1. The highest BCUT2D eigenvalue weighted by molar-refractivity contribution is 7.89. The smallest absolute Gasteiger partial charge is 0.244 e. The second-order valence-corrected chi connectivity index (χ2v) is 7.04. The van der Waals surface area contributed by atoms with Crippen LogP contribution in [0.25, 0.3) is 0 Å². The minimum atomic E-state index is -3.66. The summed E-state index contributed by atoms with van der Waals surface area (Å²) in [6.07, 6.45) is 1.67. The molecule has 0 aromatic heterocycles. The number of benzene rings is 1. The molecule has 1 aromatic carbocycles. The first-order valence-electron chi connectivity index (χ1n) is 5.89. The molecule has 0 aliphatic carbocycles.